The number of hydrogen-bond donors (Lipinski definition) is 1. The highest BCUT2D eigenvalue weighted by Crippen LogP contribution is 2.72. The molecule has 1 saturated heterocycles. The summed E-state index contributed by atoms with van der Waals surface area (Å²) in [5.74, 6) is 5.55. The van der Waals surface area contributed by atoms with E-state index in [0.29, 0.717) is 23.7 Å². The Morgan fingerprint density at radius 3 is 2.38 bits per heavy atom. The van der Waals surface area contributed by atoms with Crippen LogP contribution in [0, 0.1) is 52.3 Å². The highest BCUT2D eigenvalue weighted by atomic mass is 17.2. The largest absolute Gasteiger partial charge is 0.393 e. The van der Waals surface area contributed by atoms with Crippen molar-refractivity contribution in [1.82, 2.24) is 0 Å². The van der Waals surface area contributed by atoms with Gasteiger partial charge in [0.1, 0.15) is 11.2 Å². The third-order valence-electron chi connectivity index (χ3n) is 12.4. The van der Waals surface area contributed by atoms with E-state index in [1.807, 2.05) is 0 Å². The maximum atomic E-state index is 10.4. The Bertz CT molecular complexity index is 793. The molecular weight excluding hydrogens is 396 g/mol. The summed E-state index contributed by atoms with van der Waals surface area (Å²) in [6.45, 7) is 12.5. The van der Waals surface area contributed by atoms with Crippen LogP contribution in [0.2, 0.25) is 0 Å². The number of hydrogen-bond acceptors (Lipinski definition) is 3. The van der Waals surface area contributed by atoms with Gasteiger partial charge in [0, 0.05) is 23.7 Å². The summed E-state index contributed by atoms with van der Waals surface area (Å²) in [5, 5.41) is 10.4. The van der Waals surface area contributed by atoms with E-state index in [1.54, 1.807) is 0 Å². The topological polar surface area (TPSA) is 38.7 Å². The van der Waals surface area contributed by atoms with Crippen molar-refractivity contribution in [1.29, 1.82) is 0 Å². The lowest BCUT2D eigenvalue weighted by molar-refractivity contribution is -0.497. The second kappa shape index (κ2) is 7.08. The van der Waals surface area contributed by atoms with E-state index in [-0.39, 0.29) is 17.1 Å². The maximum Gasteiger partial charge on any atom is 0.130 e. The van der Waals surface area contributed by atoms with Crippen molar-refractivity contribution in [2.45, 2.75) is 116 Å². The zero-order chi connectivity index (χ0) is 22.5. The van der Waals surface area contributed by atoms with E-state index in [2.05, 4.69) is 46.8 Å². The van der Waals surface area contributed by atoms with Crippen LogP contribution in [0.25, 0.3) is 0 Å². The Balaban J connectivity index is 1.24. The standard InChI is InChI=1S/C29H46O3/c1-18(22-16-20(22)3)6-7-19(2)23-8-9-24-26(23,4)12-11-25-27(5)13-10-21(30)17-28(27)14-15-29(24,25)32-31-28/h14-15,18-25,30H,6-13,16-17H2,1-5H3/t18-,19-,20-,21+,22+,23-,24-,25-,26-,27-,28-,29+/m1/s1. The van der Waals surface area contributed by atoms with Crippen LogP contribution >= 0.6 is 0 Å². The van der Waals surface area contributed by atoms with Gasteiger partial charge in [0.15, 0.2) is 0 Å². The molecule has 0 amide bonds. The maximum absolute atomic E-state index is 10.4. The number of aliphatic hydroxyl groups is 1. The van der Waals surface area contributed by atoms with Crippen molar-refractivity contribution in [3.63, 3.8) is 0 Å². The lowest BCUT2D eigenvalue weighted by atomic mass is 9.42. The Kier molecular flexibility index (Phi) is 4.89. The number of aliphatic hydroxyl groups excluding tert-OH is 1. The molecule has 0 aromatic rings. The fraction of sp³-hybridized carbons (Fsp3) is 0.931. The Morgan fingerprint density at radius 1 is 0.938 bits per heavy atom. The first kappa shape index (κ1) is 22.1. The highest BCUT2D eigenvalue weighted by molar-refractivity contribution is 5.33. The normalized spacial score (nSPS) is 57.4. The summed E-state index contributed by atoms with van der Waals surface area (Å²) in [6.07, 6.45) is 16.6. The van der Waals surface area contributed by atoms with Crippen molar-refractivity contribution < 1.29 is 14.9 Å². The first-order valence-electron chi connectivity index (χ1n) is 13.9. The van der Waals surface area contributed by atoms with Gasteiger partial charge in [-0.3, -0.25) is 0 Å². The van der Waals surface area contributed by atoms with E-state index in [4.69, 9.17) is 9.78 Å². The summed E-state index contributed by atoms with van der Waals surface area (Å²) >= 11 is 0. The van der Waals surface area contributed by atoms with Gasteiger partial charge in [-0.05, 0) is 86.0 Å². The molecule has 5 fully saturated rings. The van der Waals surface area contributed by atoms with Crippen LogP contribution in [0.4, 0.5) is 0 Å². The molecule has 0 aromatic carbocycles. The van der Waals surface area contributed by atoms with Crippen LogP contribution in [0.1, 0.15) is 98.8 Å². The van der Waals surface area contributed by atoms with E-state index in [0.717, 1.165) is 42.4 Å². The molecule has 0 unspecified atom stereocenters. The molecule has 2 spiro atoms. The molecule has 3 nitrogen and oxygen atoms in total. The van der Waals surface area contributed by atoms with Crippen LogP contribution in [-0.2, 0) is 9.78 Å². The Morgan fingerprint density at radius 2 is 1.69 bits per heavy atom. The van der Waals surface area contributed by atoms with Gasteiger partial charge in [-0.25, -0.2) is 9.78 Å². The molecule has 180 valence electrons. The second-order valence-electron chi connectivity index (χ2n) is 13.8. The fourth-order valence-corrected chi connectivity index (χ4v) is 10.2. The quantitative estimate of drug-likeness (QED) is 0.380. The SMILES string of the molecule is C[C@H](CC[C@@H](C)[C@H]1CC[C@@H]2[C@]1(C)CC[C@H]1[C@]23C=C[C@]2(C[C@@H](O)CC[C@]12C)OO3)[C@@H]1C[C@H]1C. The lowest BCUT2D eigenvalue weighted by Gasteiger charge is -2.69. The van der Waals surface area contributed by atoms with E-state index in [1.165, 1.54) is 44.9 Å². The minimum absolute atomic E-state index is 0.0840. The Hall–Kier alpha value is -0.380. The van der Waals surface area contributed by atoms with Gasteiger partial charge in [0.2, 0.25) is 0 Å². The molecular formula is C29H46O3. The summed E-state index contributed by atoms with van der Waals surface area (Å²) in [5.41, 5.74) is -0.245. The number of rotatable bonds is 5. The number of fused-ring (bicyclic) bond motifs is 2. The van der Waals surface area contributed by atoms with Gasteiger partial charge in [-0.15, -0.1) is 0 Å². The monoisotopic (exact) mass is 442 g/mol. The lowest BCUT2D eigenvalue weighted by Crippen LogP contribution is -2.73. The molecule has 0 aromatic heterocycles. The predicted molar refractivity (Wildman–Crippen MR) is 127 cm³/mol. The molecule has 12 atom stereocenters. The summed E-state index contributed by atoms with van der Waals surface area (Å²) in [6, 6.07) is 0. The minimum Gasteiger partial charge on any atom is -0.393 e. The molecule has 2 aliphatic heterocycles. The zero-order valence-electron chi connectivity index (χ0n) is 21.1. The van der Waals surface area contributed by atoms with Crippen LogP contribution in [0.5, 0.6) is 0 Å². The average molecular weight is 443 g/mol. The molecule has 0 radical (unpaired) electrons. The van der Waals surface area contributed by atoms with Gasteiger partial charge < -0.3 is 5.11 Å². The van der Waals surface area contributed by atoms with Crippen molar-refractivity contribution in [3.05, 3.63) is 12.2 Å². The molecule has 32 heavy (non-hydrogen) atoms. The predicted octanol–water partition coefficient (Wildman–Crippen LogP) is 6.70. The van der Waals surface area contributed by atoms with Crippen molar-refractivity contribution >= 4 is 0 Å². The van der Waals surface area contributed by atoms with Crippen LogP contribution in [-0.4, -0.2) is 22.4 Å². The second-order valence-corrected chi connectivity index (χ2v) is 13.8. The van der Waals surface area contributed by atoms with Crippen molar-refractivity contribution in [2.24, 2.45) is 52.3 Å². The first-order chi connectivity index (χ1) is 15.2. The van der Waals surface area contributed by atoms with Gasteiger partial charge in [-0.2, -0.15) is 0 Å². The van der Waals surface area contributed by atoms with Crippen LogP contribution < -0.4 is 0 Å². The van der Waals surface area contributed by atoms with E-state index >= 15 is 0 Å². The molecule has 1 N–H and O–H groups in total. The van der Waals surface area contributed by atoms with Gasteiger partial charge >= 0.3 is 0 Å². The highest BCUT2D eigenvalue weighted by Gasteiger charge is 2.74. The zero-order valence-corrected chi connectivity index (χ0v) is 21.1. The molecule has 3 heteroatoms. The van der Waals surface area contributed by atoms with Gasteiger partial charge in [0.25, 0.3) is 0 Å². The van der Waals surface area contributed by atoms with E-state index in [9.17, 15) is 5.11 Å². The fourth-order valence-electron chi connectivity index (χ4n) is 10.2. The third kappa shape index (κ3) is 2.77. The molecule has 7 rings (SSSR count). The molecule has 2 heterocycles. The van der Waals surface area contributed by atoms with Gasteiger partial charge in [0.05, 0.1) is 6.10 Å². The van der Waals surface area contributed by atoms with Crippen LogP contribution in [0.3, 0.4) is 0 Å². The van der Waals surface area contributed by atoms with E-state index < -0.39 is 5.60 Å². The minimum atomic E-state index is -0.424. The summed E-state index contributed by atoms with van der Waals surface area (Å²) in [4.78, 5) is 12.8. The van der Waals surface area contributed by atoms with Crippen molar-refractivity contribution in [3.8, 4) is 0 Å². The first-order valence-corrected chi connectivity index (χ1v) is 13.9. The summed E-state index contributed by atoms with van der Waals surface area (Å²) in [7, 11) is 0. The Labute approximate surface area is 195 Å². The smallest absolute Gasteiger partial charge is 0.130 e. The summed E-state index contributed by atoms with van der Waals surface area (Å²) < 4.78 is 0. The van der Waals surface area contributed by atoms with Gasteiger partial charge in [-0.1, -0.05) is 53.5 Å². The molecule has 7 aliphatic rings. The molecule has 2 bridgehead atoms. The molecule has 4 saturated carbocycles. The van der Waals surface area contributed by atoms with Crippen molar-refractivity contribution in [2.75, 3.05) is 0 Å². The molecule has 5 aliphatic carbocycles. The van der Waals surface area contributed by atoms with Crippen LogP contribution in [0.15, 0.2) is 12.2 Å². The third-order valence-corrected chi connectivity index (χ3v) is 12.4. The average Bonchev–Trinajstić information content (AvgIpc) is 3.38.